The third-order valence-electron chi connectivity index (χ3n) is 13.2. The summed E-state index contributed by atoms with van der Waals surface area (Å²) in [6.07, 6.45) is 15.9. The fraction of sp³-hybridized carbons (Fsp3) is 1.00. The van der Waals surface area contributed by atoms with E-state index in [9.17, 15) is 10.2 Å². The molecule has 31 heavy (non-hydrogen) atoms. The Morgan fingerprint density at radius 3 is 1.48 bits per heavy atom. The molecule has 6 aliphatic carbocycles. The number of rotatable bonds is 6. The minimum atomic E-state index is -2.08. The highest BCUT2D eigenvalue weighted by atomic mass is 28.4. The molecular weight excluding hydrogens is 416 g/mol. The molecule has 176 valence electrons. The Bertz CT molecular complexity index is 708. The molecule has 0 spiro atoms. The summed E-state index contributed by atoms with van der Waals surface area (Å²) in [6.45, 7) is 11.0. The predicted octanol–water partition coefficient (Wildman–Crippen LogP) is 6.08. The Morgan fingerprint density at radius 1 is 0.677 bits per heavy atom. The van der Waals surface area contributed by atoms with Crippen molar-refractivity contribution < 1.29 is 14.3 Å². The molecule has 0 aromatic rings. The quantitative estimate of drug-likeness (QED) is 0.470. The lowest BCUT2D eigenvalue weighted by Gasteiger charge is -2.60. The van der Waals surface area contributed by atoms with E-state index in [0.717, 1.165) is 23.7 Å². The van der Waals surface area contributed by atoms with Crippen LogP contribution in [0.3, 0.4) is 0 Å². The summed E-state index contributed by atoms with van der Waals surface area (Å²) in [6, 6.07) is 0. The number of aliphatic hydroxyl groups is 2. The number of hydrogen-bond donors (Lipinski definition) is 2. The van der Waals surface area contributed by atoms with Crippen molar-refractivity contribution in [1.29, 1.82) is 0 Å². The predicted molar refractivity (Wildman–Crippen MR) is 130 cm³/mol. The average molecular weight is 463 g/mol. The second kappa shape index (κ2) is 6.50. The van der Waals surface area contributed by atoms with Gasteiger partial charge in [-0.1, -0.05) is 12.8 Å². The maximum absolute atomic E-state index is 10.8. The highest BCUT2D eigenvalue weighted by Crippen LogP contribution is 2.82. The van der Waals surface area contributed by atoms with E-state index >= 15 is 0 Å². The van der Waals surface area contributed by atoms with Crippen LogP contribution in [0.2, 0.25) is 36.3 Å². The lowest BCUT2D eigenvalue weighted by Crippen LogP contribution is -2.63. The van der Waals surface area contributed by atoms with Crippen molar-refractivity contribution in [3.05, 3.63) is 0 Å². The van der Waals surface area contributed by atoms with Gasteiger partial charge in [0.2, 0.25) is 0 Å². The van der Waals surface area contributed by atoms with E-state index in [1.807, 2.05) is 0 Å². The van der Waals surface area contributed by atoms with E-state index in [1.165, 1.54) is 77.0 Å². The van der Waals surface area contributed by atoms with Gasteiger partial charge in [-0.15, -0.1) is 0 Å². The zero-order chi connectivity index (χ0) is 21.9. The van der Waals surface area contributed by atoms with Crippen LogP contribution in [-0.4, -0.2) is 40.1 Å². The number of aliphatic hydroxyl groups excluding tert-OH is 2. The SMILES string of the molecule is C[Si](C)(O[Si](C)(C)C12CCC(C1)C1CCCC12CO)C12CCC(C1)C1CCCC12CO. The van der Waals surface area contributed by atoms with Gasteiger partial charge in [0.1, 0.15) is 0 Å². The number of hydrogen-bond acceptors (Lipinski definition) is 3. The first-order valence-electron chi connectivity index (χ1n) is 13.6. The summed E-state index contributed by atoms with van der Waals surface area (Å²) in [5.74, 6) is 3.21. The van der Waals surface area contributed by atoms with Crippen molar-refractivity contribution in [2.45, 2.75) is 113 Å². The Kier molecular flexibility index (Phi) is 4.57. The third-order valence-corrected chi connectivity index (χ3v) is 23.8. The molecule has 2 N–H and O–H groups in total. The Hall–Kier alpha value is 0.314. The van der Waals surface area contributed by atoms with Gasteiger partial charge in [-0.2, -0.15) is 0 Å². The van der Waals surface area contributed by atoms with Crippen molar-refractivity contribution >= 4 is 16.6 Å². The summed E-state index contributed by atoms with van der Waals surface area (Å²) in [5.41, 5.74) is 0.318. The summed E-state index contributed by atoms with van der Waals surface area (Å²) in [4.78, 5) is 0. The van der Waals surface area contributed by atoms with Crippen LogP contribution in [-0.2, 0) is 4.12 Å². The molecule has 4 bridgehead atoms. The lowest BCUT2D eigenvalue weighted by atomic mass is 9.68. The normalized spacial score (nSPS) is 52.8. The molecule has 8 atom stereocenters. The van der Waals surface area contributed by atoms with Crippen molar-refractivity contribution in [3.8, 4) is 0 Å². The summed E-state index contributed by atoms with van der Waals surface area (Å²) in [5, 5.41) is 22.2. The Balaban J connectivity index is 1.38. The van der Waals surface area contributed by atoms with Crippen LogP contribution in [0.1, 0.15) is 77.0 Å². The standard InChI is InChI=1S/C26H46O3Si2/c1-30(2,25-13-9-19(15-25)21-7-5-11-23(21,25)17-27)29-31(3,4)26-14-10-20(16-26)22-8-6-12-24(22,26)18-28/h19-22,27-28H,5-18H2,1-4H3. The summed E-state index contributed by atoms with van der Waals surface area (Å²) in [7, 11) is -4.15. The molecule has 3 nitrogen and oxygen atoms in total. The van der Waals surface area contributed by atoms with E-state index < -0.39 is 16.6 Å². The lowest BCUT2D eigenvalue weighted by molar-refractivity contribution is 0.0274. The second-order valence-electron chi connectivity index (χ2n) is 13.9. The van der Waals surface area contributed by atoms with Crippen LogP contribution in [0.5, 0.6) is 0 Å². The summed E-state index contributed by atoms with van der Waals surface area (Å²) >= 11 is 0. The van der Waals surface area contributed by atoms with Crippen LogP contribution < -0.4 is 0 Å². The molecule has 5 heteroatoms. The first-order valence-corrected chi connectivity index (χ1v) is 19.4. The van der Waals surface area contributed by atoms with Gasteiger partial charge in [0.15, 0.2) is 16.6 Å². The monoisotopic (exact) mass is 462 g/mol. The maximum atomic E-state index is 10.8. The fourth-order valence-electron chi connectivity index (χ4n) is 12.3. The van der Waals surface area contributed by atoms with Crippen molar-refractivity contribution in [2.24, 2.45) is 34.5 Å². The first-order chi connectivity index (χ1) is 14.6. The zero-order valence-corrected chi connectivity index (χ0v) is 22.5. The van der Waals surface area contributed by atoms with Crippen LogP contribution in [0.25, 0.3) is 0 Å². The van der Waals surface area contributed by atoms with Gasteiger partial charge in [-0.3, -0.25) is 0 Å². The van der Waals surface area contributed by atoms with Gasteiger partial charge in [0, 0.05) is 24.0 Å². The van der Waals surface area contributed by atoms with Crippen LogP contribution in [0.15, 0.2) is 0 Å². The van der Waals surface area contributed by atoms with Gasteiger partial charge in [-0.25, -0.2) is 0 Å². The smallest absolute Gasteiger partial charge is 0.180 e. The van der Waals surface area contributed by atoms with Gasteiger partial charge in [-0.05, 0) is 124 Å². The molecule has 0 radical (unpaired) electrons. The fourth-order valence-corrected chi connectivity index (χ4v) is 25.2. The van der Waals surface area contributed by atoms with Crippen LogP contribution in [0, 0.1) is 34.5 Å². The molecule has 0 aliphatic heterocycles. The second-order valence-corrected chi connectivity index (χ2v) is 22.7. The average Bonchev–Trinajstić information content (AvgIpc) is 3.54. The van der Waals surface area contributed by atoms with Gasteiger partial charge in [0.05, 0.1) is 0 Å². The first kappa shape index (κ1) is 21.8. The van der Waals surface area contributed by atoms with Crippen molar-refractivity contribution in [2.75, 3.05) is 13.2 Å². The molecular formula is C26H46O3Si2. The van der Waals surface area contributed by atoms with Gasteiger partial charge >= 0.3 is 0 Å². The minimum absolute atomic E-state index is 0.159. The van der Waals surface area contributed by atoms with E-state index in [1.54, 1.807) is 0 Å². The topological polar surface area (TPSA) is 49.7 Å². The molecule has 8 unspecified atom stereocenters. The molecule has 0 aromatic heterocycles. The van der Waals surface area contributed by atoms with Crippen molar-refractivity contribution in [1.82, 2.24) is 0 Å². The maximum Gasteiger partial charge on any atom is 0.180 e. The van der Waals surface area contributed by atoms with Gasteiger partial charge in [0.25, 0.3) is 0 Å². The largest absolute Gasteiger partial charge is 0.455 e. The Morgan fingerprint density at radius 2 is 1.10 bits per heavy atom. The Labute approximate surface area is 192 Å². The highest BCUT2D eigenvalue weighted by Gasteiger charge is 2.77. The molecule has 6 rings (SSSR count). The summed E-state index contributed by atoms with van der Waals surface area (Å²) < 4.78 is 7.76. The van der Waals surface area contributed by atoms with Gasteiger partial charge < -0.3 is 14.3 Å². The van der Waals surface area contributed by atoms with E-state index in [-0.39, 0.29) is 20.9 Å². The van der Waals surface area contributed by atoms with Crippen molar-refractivity contribution in [3.63, 3.8) is 0 Å². The minimum Gasteiger partial charge on any atom is -0.455 e. The van der Waals surface area contributed by atoms with E-state index in [2.05, 4.69) is 26.2 Å². The molecule has 6 saturated carbocycles. The molecule has 6 fully saturated rings. The van der Waals surface area contributed by atoms with E-state index in [4.69, 9.17) is 4.12 Å². The van der Waals surface area contributed by atoms with Crippen LogP contribution >= 0.6 is 0 Å². The molecule has 0 heterocycles. The molecule has 6 aliphatic rings. The zero-order valence-electron chi connectivity index (χ0n) is 20.5. The van der Waals surface area contributed by atoms with Crippen LogP contribution in [0.4, 0.5) is 0 Å². The molecule has 0 aromatic carbocycles. The number of fused-ring (bicyclic) bond motifs is 10. The molecule has 0 saturated heterocycles. The third kappa shape index (κ3) is 2.23. The highest BCUT2D eigenvalue weighted by molar-refractivity contribution is 6.88. The molecule has 0 amide bonds. The van der Waals surface area contributed by atoms with E-state index in [0.29, 0.717) is 13.2 Å².